The predicted molar refractivity (Wildman–Crippen MR) is 39.8 cm³/mol. The molecule has 0 aromatic heterocycles. The second-order valence-corrected chi connectivity index (χ2v) is 3.98. The Morgan fingerprint density at radius 3 is 2.67 bits per heavy atom. The maximum absolute atomic E-state index is 5.40. The molecule has 9 heavy (non-hydrogen) atoms. The largest absolute Gasteiger partial charge is 0.381 e. The van der Waals surface area contributed by atoms with E-state index >= 15 is 0 Å². The van der Waals surface area contributed by atoms with Crippen molar-refractivity contribution in [1.29, 1.82) is 0 Å². The van der Waals surface area contributed by atoms with Crippen molar-refractivity contribution in [2.75, 3.05) is 18.5 Å². The van der Waals surface area contributed by atoms with Gasteiger partial charge in [-0.05, 0) is 18.8 Å². The summed E-state index contributed by atoms with van der Waals surface area (Å²) >= 11 is 3.52. The Kier molecular flexibility index (Phi) is 1.34. The van der Waals surface area contributed by atoms with Crippen LogP contribution >= 0.6 is 15.9 Å². The molecule has 52 valence electrons. The van der Waals surface area contributed by atoms with Crippen LogP contribution in [0.5, 0.6) is 0 Å². The van der Waals surface area contributed by atoms with Crippen LogP contribution in [0.1, 0.15) is 12.8 Å². The van der Waals surface area contributed by atoms with Crippen molar-refractivity contribution in [3.8, 4) is 0 Å². The van der Waals surface area contributed by atoms with Crippen molar-refractivity contribution in [2.24, 2.45) is 11.3 Å². The number of rotatable bonds is 1. The Morgan fingerprint density at radius 1 is 1.56 bits per heavy atom. The minimum Gasteiger partial charge on any atom is -0.381 e. The summed E-state index contributed by atoms with van der Waals surface area (Å²) < 4.78 is 5.40. The molecule has 0 aromatic rings. The number of ether oxygens (including phenoxy) is 1. The summed E-state index contributed by atoms with van der Waals surface area (Å²) in [6.07, 6.45) is 2.80. The van der Waals surface area contributed by atoms with Crippen molar-refractivity contribution >= 4 is 15.9 Å². The minimum atomic E-state index is 0.558. The highest BCUT2D eigenvalue weighted by Gasteiger charge is 2.46. The molecule has 0 aromatic carbocycles. The number of fused-ring (bicyclic) bond motifs is 2. The van der Waals surface area contributed by atoms with Gasteiger partial charge in [0.05, 0.1) is 6.61 Å². The van der Waals surface area contributed by atoms with Gasteiger partial charge in [0.2, 0.25) is 0 Å². The van der Waals surface area contributed by atoms with Gasteiger partial charge in [-0.15, -0.1) is 0 Å². The lowest BCUT2D eigenvalue weighted by Crippen LogP contribution is -2.49. The van der Waals surface area contributed by atoms with Crippen LogP contribution in [0.3, 0.4) is 0 Å². The molecular weight excluding hydrogens is 180 g/mol. The molecule has 0 unspecified atom stereocenters. The number of alkyl halides is 1. The summed E-state index contributed by atoms with van der Waals surface area (Å²) in [7, 11) is 0. The summed E-state index contributed by atoms with van der Waals surface area (Å²) in [5, 5.41) is 1.14. The predicted octanol–water partition coefficient (Wildman–Crippen LogP) is 1.81. The van der Waals surface area contributed by atoms with Crippen molar-refractivity contribution in [1.82, 2.24) is 0 Å². The average molecular weight is 191 g/mol. The van der Waals surface area contributed by atoms with Gasteiger partial charge < -0.3 is 4.74 Å². The Hall–Kier alpha value is 0.440. The highest BCUT2D eigenvalue weighted by atomic mass is 79.9. The monoisotopic (exact) mass is 190 g/mol. The average Bonchev–Trinajstić information content (AvgIpc) is 1.88. The van der Waals surface area contributed by atoms with Crippen LogP contribution < -0.4 is 0 Å². The lowest BCUT2D eigenvalue weighted by molar-refractivity contribution is -0.117. The fourth-order valence-electron chi connectivity index (χ4n) is 1.99. The number of hydrogen-bond donors (Lipinski definition) is 0. The molecule has 0 atom stereocenters. The Labute approximate surface area is 63.9 Å². The molecule has 1 nitrogen and oxygen atoms in total. The van der Waals surface area contributed by atoms with Crippen molar-refractivity contribution in [3.05, 3.63) is 0 Å². The van der Waals surface area contributed by atoms with E-state index in [2.05, 4.69) is 15.9 Å². The Morgan fingerprint density at radius 2 is 2.33 bits per heavy atom. The number of halogens is 1. The van der Waals surface area contributed by atoms with E-state index in [1.165, 1.54) is 12.8 Å². The molecule has 0 amide bonds. The van der Waals surface area contributed by atoms with Gasteiger partial charge in [0.1, 0.15) is 0 Å². The SMILES string of the molecule is BrCC12COCC(C1)C2. The molecule has 2 saturated heterocycles. The highest BCUT2D eigenvalue weighted by molar-refractivity contribution is 9.09. The van der Waals surface area contributed by atoms with E-state index < -0.39 is 0 Å². The van der Waals surface area contributed by atoms with Gasteiger partial charge in [-0.25, -0.2) is 0 Å². The molecule has 2 aliphatic heterocycles. The van der Waals surface area contributed by atoms with Gasteiger partial charge in [-0.1, -0.05) is 15.9 Å². The van der Waals surface area contributed by atoms with E-state index in [9.17, 15) is 0 Å². The van der Waals surface area contributed by atoms with Crippen molar-refractivity contribution in [3.63, 3.8) is 0 Å². The van der Waals surface area contributed by atoms with Crippen molar-refractivity contribution in [2.45, 2.75) is 12.8 Å². The normalized spacial score (nSPS) is 48.3. The second-order valence-electron chi connectivity index (χ2n) is 3.42. The van der Waals surface area contributed by atoms with E-state index in [1.807, 2.05) is 0 Å². The Balaban J connectivity index is 2.02. The number of hydrogen-bond acceptors (Lipinski definition) is 1. The first-order chi connectivity index (χ1) is 4.35. The molecule has 0 N–H and O–H groups in total. The zero-order valence-corrected chi connectivity index (χ0v) is 6.99. The lowest BCUT2D eigenvalue weighted by atomic mass is 9.62. The van der Waals surface area contributed by atoms with Crippen LogP contribution in [-0.4, -0.2) is 18.5 Å². The molecule has 3 rings (SSSR count). The molecule has 0 spiro atoms. The molecule has 0 radical (unpaired) electrons. The van der Waals surface area contributed by atoms with Gasteiger partial charge in [0, 0.05) is 17.4 Å². The van der Waals surface area contributed by atoms with E-state index in [0.29, 0.717) is 5.41 Å². The van der Waals surface area contributed by atoms with Gasteiger partial charge in [-0.3, -0.25) is 0 Å². The summed E-state index contributed by atoms with van der Waals surface area (Å²) in [6, 6.07) is 0. The van der Waals surface area contributed by atoms with E-state index in [1.54, 1.807) is 0 Å². The molecule has 2 heterocycles. The summed E-state index contributed by atoms with van der Waals surface area (Å²) in [5.41, 5.74) is 0.558. The highest BCUT2D eigenvalue weighted by Crippen LogP contribution is 2.50. The first-order valence-electron chi connectivity index (χ1n) is 3.48. The third kappa shape index (κ3) is 0.838. The van der Waals surface area contributed by atoms with Gasteiger partial charge in [0.25, 0.3) is 0 Å². The van der Waals surface area contributed by atoms with Crippen LogP contribution in [0, 0.1) is 11.3 Å². The summed E-state index contributed by atoms with van der Waals surface area (Å²) in [6.45, 7) is 2.02. The van der Waals surface area contributed by atoms with Gasteiger partial charge in [-0.2, -0.15) is 0 Å². The fourth-order valence-corrected chi connectivity index (χ4v) is 2.61. The van der Waals surface area contributed by atoms with E-state index in [0.717, 1.165) is 24.5 Å². The zero-order chi connectivity index (χ0) is 6.32. The third-order valence-electron chi connectivity index (χ3n) is 2.49. The van der Waals surface area contributed by atoms with Crippen LogP contribution in [0.2, 0.25) is 0 Å². The van der Waals surface area contributed by atoms with Gasteiger partial charge >= 0.3 is 0 Å². The first-order valence-corrected chi connectivity index (χ1v) is 4.61. The molecule has 2 bridgehead atoms. The molecule has 1 aliphatic carbocycles. The standard InChI is InChI=1S/C7H11BrO/c8-4-7-1-6(2-7)3-9-5-7/h6H,1-5H2. The van der Waals surface area contributed by atoms with Crippen LogP contribution in [0.4, 0.5) is 0 Å². The van der Waals surface area contributed by atoms with E-state index in [-0.39, 0.29) is 0 Å². The summed E-state index contributed by atoms with van der Waals surface area (Å²) in [5.74, 6) is 0.899. The maximum atomic E-state index is 5.40. The van der Waals surface area contributed by atoms with Crippen LogP contribution in [0.15, 0.2) is 0 Å². The fraction of sp³-hybridized carbons (Fsp3) is 1.00. The molecule has 1 saturated carbocycles. The molecule has 3 aliphatic rings. The first kappa shape index (κ1) is 6.17. The maximum Gasteiger partial charge on any atom is 0.0530 e. The minimum absolute atomic E-state index is 0.558. The summed E-state index contributed by atoms with van der Waals surface area (Å²) in [4.78, 5) is 0. The Bertz CT molecular complexity index is 113. The van der Waals surface area contributed by atoms with Crippen LogP contribution in [0.25, 0.3) is 0 Å². The van der Waals surface area contributed by atoms with Crippen molar-refractivity contribution < 1.29 is 4.74 Å². The smallest absolute Gasteiger partial charge is 0.0530 e. The zero-order valence-electron chi connectivity index (χ0n) is 5.40. The molecular formula is C7H11BrO. The lowest BCUT2D eigenvalue weighted by Gasteiger charge is -2.51. The van der Waals surface area contributed by atoms with Gasteiger partial charge in [0.15, 0.2) is 0 Å². The molecule has 3 fully saturated rings. The topological polar surface area (TPSA) is 9.23 Å². The van der Waals surface area contributed by atoms with E-state index in [4.69, 9.17) is 4.74 Å². The molecule has 2 heteroatoms. The second kappa shape index (κ2) is 1.96. The quantitative estimate of drug-likeness (QED) is 0.574. The third-order valence-corrected chi connectivity index (χ3v) is 3.68. The van der Waals surface area contributed by atoms with Crippen LogP contribution in [-0.2, 0) is 4.74 Å².